The van der Waals surface area contributed by atoms with E-state index in [9.17, 15) is 9.59 Å². The fourth-order valence-corrected chi connectivity index (χ4v) is 5.21. The summed E-state index contributed by atoms with van der Waals surface area (Å²) >= 11 is 1.11. The Morgan fingerprint density at radius 1 is 0.917 bits per heavy atom. The van der Waals surface area contributed by atoms with Crippen LogP contribution in [0.4, 0.5) is 5.69 Å². The van der Waals surface area contributed by atoms with Crippen molar-refractivity contribution < 1.29 is 9.59 Å². The number of nitrogens with zero attached hydrogens (tertiary/aromatic N) is 4. The standard InChI is InChI=1S/C28H27N5O2S/c34-27(30-22-11-5-2-6-12-22)26(21-15-17-29-18-16-21)33(28(35)24-19-36-32-31-24)25-14-8-7-13-23(25)20-9-3-1-4-10-20/h1,3-4,7-10,13-19,22,26H,2,5-6,11-12H2,(H,30,34)/t26-/m0/s1. The minimum atomic E-state index is -0.908. The summed E-state index contributed by atoms with van der Waals surface area (Å²) in [7, 11) is 0. The second-order valence-electron chi connectivity index (χ2n) is 8.88. The summed E-state index contributed by atoms with van der Waals surface area (Å²) in [4.78, 5) is 33.7. The highest BCUT2D eigenvalue weighted by Gasteiger charge is 2.36. The van der Waals surface area contributed by atoms with Gasteiger partial charge in [-0.25, -0.2) is 0 Å². The van der Waals surface area contributed by atoms with Crippen molar-refractivity contribution in [2.24, 2.45) is 0 Å². The summed E-state index contributed by atoms with van der Waals surface area (Å²) in [5, 5.41) is 8.90. The lowest BCUT2D eigenvalue weighted by molar-refractivity contribution is -0.123. The monoisotopic (exact) mass is 497 g/mol. The van der Waals surface area contributed by atoms with Crippen molar-refractivity contribution >= 4 is 29.0 Å². The first kappa shape index (κ1) is 23.8. The van der Waals surface area contributed by atoms with Gasteiger partial charge in [-0.15, -0.1) is 5.10 Å². The average molecular weight is 498 g/mol. The van der Waals surface area contributed by atoms with Crippen molar-refractivity contribution in [2.45, 2.75) is 44.2 Å². The van der Waals surface area contributed by atoms with Gasteiger partial charge in [0.05, 0.1) is 5.69 Å². The maximum atomic E-state index is 14.0. The summed E-state index contributed by atoms with van der Waals surface area (Å²) in [6.07, 6.45) is 8.55. The third-order valence-electron chi connectivity index (χ3n) is 6.53. The first-order valence-electron chi connectivity index (χ1n) is 12.2. The Kier molecular flexibility index (Phi) is 7.42. The molecule has 0 aliphatic heterocycles. The van der Waals surface area contributed by atoms with Crippen LogP contribution in [-0.2, 0) is 4.79 Å². The number of rotatable bonds is 7. The van der Waals surface area contributed by atoms with Crippen LogP contribution in [-0.4, -0.2) is 32.4 Å². The highest BCUT2D eigenvalue weighted by Crippen LogP contribution is 2.37. The number of nitrogens with one attached hydrogen (secondary N) is 1. The van der Waals surface area contributed by atoms with E-state index in [0.29, 0.717) is 11.3 Å². The topological polar surface area (TPSA) is 88.1 Å². The zero-order valence-corrected chi connectivity index (χ0v) is 20.6. The molecule has 182 valence electrons. The third-order valence-corrected chi connectivity index (χ3v) is 7.03. The lowest BCUT2D eigenvalue weighted by Crippen LogP contribution is -2.47. The predicted molar refractivity (Wildman–Crippen MR) is 141 cm³/mol. The Morgan fingerprint density at radius 2 is 1.64 bits per heavy atom. The molecule has 0 bridgehead atoms. The number of carbonyl (C=O) groups is 2. The van der Waals surface area contributed by atoms with E-state index < -0.39 is 6.04 Å². The Bertz CT molecular complexity index is 1290. The number of aromatic nitrogens is 3. The fraction of sp³-hybridized carbons (Fsp3) is 0.250. The zero-order valence-electron chi connectivity index (χ0n) is 19.8. The Labute approximate surface area is 214 Å². The van der Waals surface area contributed by atoms with Gasteiger partial charge in [-0.1, -0.05) is 72.3 Å². The van der Waals surface area contributed by atoms with Gasteiger partial charge in [0.15, 0.2) is 5.69 Å². The zero-order chi connectivity index (χ0) is 24.7. The van der Waals surface area contributed by atoms with Gasteiger partial charge in [0, 0.05) is 29.4 Å². The number of anilines is 1. The van der Waals surface area contributed by atoms with Gasteiger partial charge in [-0.2, -0.15) is 0 Å². The summed E-state index contributed by atoms with van der Waals surface area (Å²) in [6, 6.07) is 20.3. The molecule has 0 saturated heterocycles. The van der Waals surface area contributed by atoms with Gasteiger partial charge in [0.1, 0.15) is 6.04 Å². The van der Waals surface area contributed by atoms with Crippen LogP contribution in [0.1, 0.15) is 54.2 Å². The van der Waals surface area contributed by atoms with Crippen LogP contribution in [0.15, 0.2) is 84.5 Å². The van der Waals surface area contributed by atoms with Gasteiger partial charge in [-0.3, -0.25) is 19.5 Å². The Hall–Kier alpha value is -3.91. The number of benzene rings is 2. The van der Waals surface area contributed by atoms with E-state index >= 15 is 0 Å². The average Bonchev–Trinajstić information content (AvgIpc) is 3.48. The molecular formula is C28H27N5O2S. The highest BCUT2D eigenvalue weighted by atomic mass is 32.1. The van der Waals surface area contributed by atoms with Crippen LogP contribution < -0.4 is 10.2 Å². The molecule has 1 saturated carbocycles. The second-order valence-corrected chi connectivity index (χ2v) is 9.48. The number of amides is 2. The van der Waals surface area contributed by atoms with E-state index in [4.69, 9.17) is 0 Å². The number of carbonyl (C=O) groups excluding carboxylic acids is 2. The molecule has 36 heavy (non-hydrogen) atoms. The van der Waals surface area contributed by atoms with Crippen LogP contribution in [0.5, 0.6) is 0 Å². The quantitative estimate of drug-likeness (QED) is 0.367. The fourth-order valence-electron chi connectivity index (χ4n) is 4.78. The van der Waals surface area contributed by atoms with E-state index in [-0.39, 0.29) is 23.6 Å². The predicted octanol–water partition coefficient (Wildman–Crippen LogP) is 5.44. The van der Waals surface area contributed by atoms with Crippen LogP contribution in [0, 0.1) is 0 Å². The minimum absolute atomic E-state index is 0.0952. The Morgan fingerprint density at radius 3 is 2.36 bits per heavy atom. The summed E-state index contributed by atoms with van der Waals surface area (Å²) in [5.41, 5.74) is 3.30. The normalized spacial score (nSPS) is 14.7. The molecule has 1 atom stereocenters. The Balaban J connectivity index is 1.65. The van der Waals surface area contributed by atoms with Crippen LogP contribution in [0.25, 0.3) is 11.1 Å². The molecule has 7 nitrogen and oxygen atoms in total. The molecule has 2 amide bonds. The highest BCUT2D eigenvalue weighted by molar-refractivity contribution is 7.03. The molecule has 8 heteroatoms. The first-order valence-corrected chi connectivity index (χ1v) is 13.0. The third kappa shape index (κ3) is 5.18. The van der Waals surface area contributed by atoms with E-state index in [2.05, 4.69) is 19.9 Å². The summed E-state index contributed by atoms with van der Waals surface area (Å²) < 4.78 is 3.90. The molecule has 2 aromatic carbocycles. The van der Waals surface area contributed by atoms with E-state index in [1.165, 1.54) is 6.42 Å². The van der Waals surface area contributed by atoms with Gasteiger partial charge < -0.3 is 5.32 Å². The first-order chi connectivity index (χ1) is 17.7. The van der Waals surface area contributed by atoms with Gasteiger partial charge >= 0.3 is 0 Å². The largest absolute Gasteiger partial charge is 0.351 e. The molecule has 1 aliphatic carbocycles. The lowest BCUT2D eigenvalue weighted by atomic mass is 9.94. The van der Waals surface area contributed by atoms with Gasteiger partial charge in [-0.05, 0) is 53.7 Å². The van der Waals surface area contributed by atoms with E-state index in [1.807, 2.05) is 54.6 Å². The van der Waals surface area contributed by atoms with Crippen molar-refractivity contribution in [3.63, 3.8) is 0 Å². The number of hydrogen-bond donors (Lipinski definition) is 1. The molecule has 5 rings (SSSR count). The molecule has 0 radical (unpaired) electrons. The van der Waals surface area contributed by atoms with E-state index in [1.54, 1.807) is 34.8 Å². The molecular weight excluding hydrogens is 470 g/mol. The van der Waals surface area contributed by atoms with Crippen LogP contribution >= 0.6 is 11.5 Å². The van der Waals surface area contributed by atoms with Gasteiger partial charge in [0.2, 0.25) is 5.91 Å². The molecule has 1 aliphatic rings. The lowest BCUT2D eigenvalue weighted by Gasteiger charge is -2.34. The van der Waals surface area contributed by atoms with Crippen molar-refractivity contribution in [2.75, 3.05) is 4.90 Å². The molecule has 0 unspecified atom stereocenters. The van der Waals surface area contributed by atoms with E-state index in [0.717, 1.165) is 48.3 Å². The molecule has 0 spiro atoms. The summed E-state index contributed by atoms with van der Waals surface area (Å²) in [5.74, 6) is -0.597. The molecule has 2 aromatic heterocycles. The number of pyridine rings is 1. The maximum absolute atomic E-state index is 14.0. The van der Waals surface area contributed by atoms with Crippen molar-refractivity contribution in [3.05, 3.63) is 95.8 Å². The van der Waals surface area contributed by atoms with Crippen LogP contribution in [0.2, 0.25) is 0 Å². The molecule has 4 aromatic rings. The van der Waals surface area contributed by atoms with Gasteiger partial charge in [0.25, 0.3) is 5.91 Å². The molecule has 1 fully saturated rings. The number of hydrogen-bond acceptors (Lipinski definition) is 6. The smallest absolute Gasteiger partial charge is 0.280 e. The number of para-hydroxylation sites is 1. The van der Waals surface area contributed by atoms with Crippen molar-refractivity contribution in [1.29, 1.82) is 0 Å². The second kappa shape index (κ2) is 11.2. The molecule has 1 N–H and O–H groups in total. The SMILES string of the molecule is O=C(NC1CCCCC1)[C@H](c1ccncc1)N(C(=O)c1csnn1)c1ccccc1-c1ccccc1. The maximum Gasteiger partial charge on any atom is 0.280 e. The van der Waals surface area contributed by atoms with Crippen LogP contribution in [0.3, 0.4) is 0 Å². The molecule has 2 heterocycles. The minimum Gasteiger partial charge on any atom is -0.351 e. The van der Waals surface area contributed by atoms with Crippen molar-refractivity contribution in [1.82, 2.24) is 19.9 Å². The van der Waals surface area contributed by atoms with Crippen molar-refractivity contribution in [3.8, 4) is 11.1 Å². The summed E-state index contributed by atoms with van der Waals surface area (Å²) in [6.45, 7) is 0.